The summed E-state index contributed by atoms with van der Waals surface area (Å²) in [6.07, 6.45) is 0.648. The fraction of sp³-hybridized carbons (Fsp3) is 0.429. The summed E-state index contributed by atoms with van der Waals surface area (Å²) in [5.41, 5.74) is 6.25. The summed E-state index contributed by atoms with van der Waals surface area (Å²) >= 11 is 0. The standard InChI is InChI=1S/C14H20N2O4/c1-4-8(2)12(14(18)19)16-13(17)10-6-5-9(20-3)7-11(10)15/h5-8,12H,4,15H2,1-3H3,(H,16,17)(H,18,19)/t8-,12-/m0/s1. The van der Waals surface area contributed by atoms with Crippen molar-refractivity contribution in [1.29, 1.82) is 0 Å². The first-order chi connectivity index (χ1) is 9.40. The van der Waals surface area contributed by atoms with Crippen molar-refractivity contribution in [3.63, 3.8) is 0 Å². The lowest BCUT2D eigenvalue weighted by Gasteiger charge is -2.20. The number of methoxy groups -OCH3 is 1. The summed E-state index contributed by atoms with van der Waals surface area (Å²) in [5.74, 6) is -1.19. The lowest BCUT2D eigenvalue weighted by Crippen LogP contribution is -2.45. The second kappa shape index (κ2) is 6.79. The SMILES string of the molecule is CC[C@H](C)[C@H](NC(=O)c1ccc(OC)cc1N)C(=O)O. The summed E-state index contributed by atoms with van der Waals surface area (Å²) in [6.45, 7) is 3.64. The average molecular weight is 280 g/mol. The Balaban J connectivity index is 2.92. The predicted octanol–water partition coefficient (Wildman–Crippen LogP) is 1.51. The van der Waals surface area contributed by atoms with Crippen molar-refractivity contribution in [2.24, 2.45) is 5.92 Å². The van der Waals surface area contributed by atoms with E-state index in [0.717, 1.165) is 0 Å². The van der Waals surface area contributed by atoms with Crippen molar-refractivity contribution in [3.05, 3.63) is 23.8 Å². The molecule has 0 aromatic heterocycles. The number of rotatable bonds is 6. The van der Waals surface area contributed by atoms with E-state index in [-0.39, 0.29) is 17.2 Å². The number of amides is 1. The smallest absolute Gasteiger partial charge is 0.326 e. The highest BCUT2D eigenvalue weighted by Crippen LogP contribution is 2.20. The van der Waals surface area contributed by atoms with Crippen molar-refractivity contribution in [2.75, 3.05) is 12.8 Å². The van der Waals surface area contributed by atoms with Crippen LogP contribution < -0.4 is 15.8 Å². The summed E-state index contributed by atoms with van der Waals surface area (Å²) in [7, 11) is 1.50. The number of hydrogen-bond acceptors (Lipinski definition) is 4. The summed E-state index contributed by atoms with van der Waals surface area (Å²) in [4.78, 5) is 23.3. The molecule has 0 fully saturated rings. The first kappa shape index (κ1) is 15.8. The van der Waals surface area contributed by atoms with E-state index in [4.69, 9.17) is 15.6 Å². The summed E-state index contributed by atoms with van der Waals surface area (Å²) in [6, 6.07) is 3.70. The van der Waals surface area contributed by atoms with Crippen LogP contribution in [-0.4, -0.2) is 30.1 Å². The molecule has 0 spiro atoms. The van der Waals surface area contributed by atoms with Gasteiger partial charge in [-0.3, -0.25) is 4.79 Å². The number of aliphatic carboxylic acids is 1. The first-order valence-corrected chi connectivity index (χ1v) is 6.37. The van der Waals surface area contributed by atoms with E-state index in [1.165, 1.54) is 19.2 Å². The van der Waals surface area contributed by atoms with Gasteiger partial charge in [-0.15, -0.1) is 0 Å². The molecule has 1 aromatic carbocycles. The van der Waals surface area contributed by atoms with E-state index in [1.54, 1.807) is 13.0 Å². The molecule has 1 rings (SSSR count). The molecular formula is C14H20N2O4. The van der Waals surface area contributed by atoms with Gasteiger partial charge in [-0.05, 0) is 18.1 Å². The zero-order chi connectivity index (χ0) is 15.3. The van der Waals surface area contributed by atoms with Gasteiger partial charge in [0.05, 0.1) is 12.7 Å². The Bertz CT molecular complexity index is 502. The number of benzene rings is 1. The van der Waals surface area contributed by atoms with Gasteiger partial charge in [-0.2, -0.15) is 0 Å². The zero-order valence-electron chi connectivity index (χ0n) is 11.8. The molecule has 1 aromatic rings. The van der Waals surface area contributed by atoms with Crippen LogP contribution in [0.4, 0.5) is 5.69 Å². The molecule has 0 heterocycles. The topological polar surface area (TPSA) is 102 Å². The minimum Gasteiger partial charge on any atom is -0.497 e. The van der Waals surface area contributed by atoms with Crippen LogP contribution in [-0.2, 0) is 4.79 Å². The molecule has 20 heavy (non-hydrogen) atoms. The highest BCUT2D eigenvalue weighted by Gasteiger charge is 2.26. The van der Waals surface area contributed by atoms with Gasteiger partial charge in [-0.25, -0.2) is 4.79 Å². The number of ether oxygens (including phenoxy) is 1. The van der Waals surface area contributed by atoms with Crippen molar-refractivity contribution in [1.82, 2.24) is 5.32 Å². The number of nitrogens with one attached hydrogen (secondary N) is 1. The van der Waals surface area contributed by atoms with Crippen LogP contribution in [0.15, 0.2) is 18.2 Å². The molecule has 2 atom stereocenters. The monoisotopic (exact) mass is 280 g/mol. The highest BCUT2D eigenvalue weighted by molar-refractivity contribution is 6.01. The number of carbonyl (C=O) groups excluding carboxylic acids is 1. The lowest BCUT2D eigenvalue weighted by atomic mass is 9.99. The van der Waals surface area contributed by atoms with Crippen LogP contribution in [0.25, 0.3) is 0 Å². The van der Waals surface area contributed by atoms with Crippen LogP contribution in [0.5, 0.6) is 5.75 Å². The number of nitrogen functional groups attached to an aromatic ring is 1. The van der Waals surface area contributed by atoms with Crippen LogP contribution in [0.3, 0.4) is 0 Å². The van der Waals surface area contributed by atoms with Crippen molar-refractivity contribution >= 4 is 17.6 Å². The molecule has 6 heteroatoms. The number of carboxylic acids is 1. The molecule has 0 saturated heterocycles. The summed E-state index contributed by atoms with van der Waals surface area (Å²) < 4.78 is 5.00. The van der Waals surface area contributed by atoms with E-state index in [2.05, 4.69) is 5.32 Å². The first-order valence-electron chi connectivity index (χ1n) is 6.37. The molecule has 4 N–H and O–H groups in total. The van der Waals surface area contributed by atoms with Crippen LogP contribution in [0.2, 0.25) is 0 Å². The van der Waals surface area contributed by atoms with Crippen LogP contribution >= 0.6 is 0 Å². The van der Waals surface area contributed by atoms with E-state index < -0.39 is 17.9 Å². The Kier molecular flexibility index (Phi) is 5.37. The third kappa shape index (κ3) is 3.63. The van der Waals surface area contributed by atoms with Crippen molar-refractivity contribution < 1.29 is 19.4 Å². The second-order valence-electron chi connectivity index (χ2n) is 4.63. The molecular weight excluding hydrogens is 260 g/mol. The number of carbonyl (C=O) groups is 2. The van der Waals surface area contributed by atoms with Crippen molar-refractivity contribution in [3.8, 4) is 5.75 Å². The van der Waals surface area contributed by atoms with Crippen LogP contribution in [0.1, 0.15) is 30.6 Å². The van der Waals surface area contributed by atoms with E-state index in [9.17, 15) is 9.59 Å². The fourth-order valence-corrected chi connectivity index (χ4v) is 1.78. The van der Waals surface area contributed by atoms with E-state index in [0.29, 0.717) is 12.2 Å². The normalized spacial score (nSPS) is 13.3. The number of anilines is 1. The lowest BCUT2D eigenvalue weighted by molar-refractivity contribution is -0.140. The third-order valence-electron chi connectivity index (χ3n) is 3.27. The molecule has 0 aliphatic rings. The van der Waals surface area contributed by atoms with Gasteiger partial charge in [0.15, 0.2) is 0 Å². The Labute approximate surface area is 117 Å². The molecule has 6 nitrogen and oxygen atoms in total. The highest BCUT2D eigenvalue weighted by atomic mass is 16.5. The van der Waals surface area contributed by atoms with Gasteiger partial charge in [0.25, 0.3) is 5.91 Å². The predicted molar refractivity (Wildman–Crippen MR) is 75.8 cm³/mol. The average Bonchev–Trinajstić information content (AvgIpc) is 2.43. The molecule has 0 radical (unpaired) electrons. The molecule has 0 bridgehead atoms. The fourth-order valence-electron chi connectivity index (χ4n) is 1.78. The maximum Gasteiger partial charge on any atom is 0.326 e. The molecule has 0 saturated carbocycles. The Morgan fingerprint density at radius 2 is 2.10 bits per heavy atom. The minimum atomic E-state index is -1.06. The van der Waals surface area contributed by atoms with Gasteiger partial charge in [0.2, 0.25) is 0 Å². The van der Waals surface area contributed by atoms with Crippen molar-refractivity contribution in [2.45, 2.75) is 26.3 Å². The molecule has 0 aliphatic carbocycles. The molecule has 0 unspecified atom stereocenters. The van der Waals surface area contributed by atoms with Gasteiger partial charge >= 0.3 is 5.97 Å². The van der Waals surface area contributed by atoms with Gasteiger partial charge < -0.3 is 20.9 Å². The minimum absolute atomic E-state index is 0.170. The Morgan fingerprint density at radius 1 is 1.45 bits per heavy atom. The maximum absolute atomic E-state index is 12.1. The summed E-state index contributed by atoms with van der Waals surface area (Å²) in [5, 5.41) is 11.7. The second-order valence-corrected chi connectivity index (χ2v) is 4.63. The Morgan fingerprint density at radius 3 is 2.55 bits per heavy atom. The maximum atomic E-state index is 12.1. The number of carboxylic acid groups (broad SMARTS) is 1. The van der Waals surface area contributed by atoms with E-state index in [1.807, 2.05) is 6.92 Å². The quantitative estimate of drug-likeness (QED) is 0.685. The molecule has 0 aliphatic heterocycles. The number of hydrogen-bond donors (Lipinski definition) is 3. The Hall–Kier alpha value is -2.24. The third-order valence-corrected chi connectivity index (χ3v) is 3.27. The van der Waals surface area contributed by atoms with E-state index >= 15 is 0 Å². The largest absolute Gasteiger partial charge is 0.497 e. The molecule has 110 valence electrons. The van der Waals surface area contributed by atoms with Crippen LogP contribution in [0, 0.1) is 5.92 Å². The zero-order valence-corrected chi connectivity index (χ0v) is 11.8. The molecule has 1 amide bonds. The van der Waals surface area contributed by atoms with Gasteiger partial charge in [0, 0.05) is 11.8 Å². The van der Waals surface area contributed by atoms with Gasteiger partial charge in [-0.1, -0.05) is 20.3 Å². The van der Waals surface area contributed by atoms with Gasteiger partial charge in [0.1, 0.15) is 11.8 Å². The number of nitrogens with two attached hydrogens (primary N) is 1.